The van der Waals surface area contributed by atoms with Crippen LogP contribution in [0.3, 0.4) is 0 Å². The number of hydrogen-bond acceptors (Lipinski definition) is 3. The minimum absolute atomic E-state index is 0.120. The van der Waals surface area contributed by atoms with E-state index in [9.17, 15) is 4.79 Å². The number of rotatable bonds is 3. The number of nitrogens with zero attached hydrogens (tertiary/aromatic N) is 2. The van der Waals surface area contributed by atoms with Crippen LogP contribution < -0.4 is 0 Å². The Kier molecular flexibility index (Phi) is 2.67. The lowest BCUT2D eigenvalue weighted by Crippen LogP contribution is -2.00. The van der Waals surface area contributed by atoms with E-state index in [2.05, 4.69) is 10.9 Å². The number of aromatic nitrogens is 2. The van der Waals surface area contributed by atoms with E-state index in [1.54, 1.807) is 0 Å². The van der Waals surface area contributed by atoms with Crippen molar-refractivity contribution in [1.29, 1.82) is 0 Å². The monoisotopic (exact) mass is 234 g/mol. The van der Waals surface area contributed by atoms with Crippen LogP contribution in [0.4, 0.5) is 0 Å². The molecule has 0 bridgehead atoms. The first-order valence-corrected chi connectivity index (χ1v) is 5.65. The summed E-state index contributed by atoms with van der Waals surface area (Å²) >= 11 is 1.48. The maximum atomic E-state index is 10.5. The lowest BCUT2D eigenvalue weighted by atomic mass is 10.2. The first-order chi connectivity index (χ1) is 7.63. The van der Waals surface area contributed by atoms with Gasteiger partial charge in [0.2, 0.25) is 0 Å². The van der Waals surface area contributed by atoms with E-state index in [-0.39, 0.29) is 6.42 Å². The van der Waals surface area contributed by atoms with Gasteiger partial charge in [0.25, 0.3) is 0 Å². The number of aryl methyl sites for hydroxylation is 2. The van der Waals surface area contributed by atoms with Crippen molar-refractivity contribution in [2.75, 3.05) is 0 Å². The molecule has 0 saturated carbocycles. The van der Waals surface area contributed by atoms with Crippen LogP contribution in [0.1, 0.15) is 23.5 Å². The van der Waals surface area contributed by atoms with Crippen LogP contribution in [0, 0.1) is 19.3 Å². The number of aliphatic carboxylic acids is 1. The van der Waals surface area contributed by atoms with Gasteiger partial charge in [0.1, 0.15) is 5.69 Å². The highest BCUT2D eigenvalue weighted by Gasteiger charge is 2.12. The molecule has 16 heavy (non-hydrogen) atoms. The summed E-state index contributed by atoms with van der Waals surface area (Å²) in [6.45, 7) is 1.90. The molecule has 0 spiro atoms. The summed E-state index contributed by atoms with van der Waals surface area (Å²) in [6.07, 6.45) is 5.95. The Morgan fingerprint density at radius 2 is 2.50 bits per heavy atom. The van der Waals surface area contributed by atoms with Gasteiger partial charge in [-0.1, -0.05) is 0 Å². The number of hydrogen-bond donors (Lipinski definition) is 1. The van der Waals surface area contributed by atoms with E-state index in [0.717, 1.165) is 16.3 Å². The molecule has 2 rings (SSSR count). The Labute approximate surface area is 96.6 Å². The quantitative estimate of drug-likeness (QED) is 0.822. The second-order valence-electron chi connectivity index (χ2n) is 3.43. The molecule has 1 N–H and O–H groups in total. The Morgan fingerprint density at radius 1 is 1.75 bits per heavy atom. The molecule has 2 aromatic heterocycles. The molecule has 5 heteroatoms. The summed E-state index contributed by atoms with van der Waals surface area (Å²) in [5.41, 5.74) is 2.48. The van der Waals surface area contributed by atoms with E-state index in [0.29, 0.717) is 12.1 Å². The molecule has 0 aliphatic carbocycles. The molecule has 0 fully saturated rings. The molecule has 0 unspecified atom stereocenters. The highest BCUT2D eigenvalue weighted by atomic mass is 32.1. The zero-order valence-electron chi connectivity index (χ0n) is 8.73. The van der Waals surface area contributed by atoms with Gasteiger partial charge in [-0.25, -0.2) is 4.98 Å². The number of carbonyl (C=O) groups is 1. The van der Waals surface area contributed by atoms with Gasteiger partial charge < -0.3 is 5.11 Å². The normalized spacial score (nSPS) is 10.5. The second-order valence-corrected chi connectivity index (χ2v) is 4.27. The Balaban J connectivity index is 2.43. The lowest BCUT2D eigenvalue weighted by molar-refractivity contribution is -0.136. The zero-order valence-corrected chi connectivity index (χ0v) is 9.54. The standard InChI is InChI=1S/C11H10N2O2S/c1-3-9-7(2)13-8(4-5-10(14)15)6-16-11(13)12-9/h1,6H,4-5H2,2H3,(H,14,15). The number of imidazole rings is 1. The molecule has 0 aliphatic rings. The van der Waals surface area contributed by atoms with Crippen LogP contribution in [-0.2, 0) is 11.2 Å². The smallest absolute Gasteiger partial charge is 0.303 e. The number of terminal acetylenes is 1. The van der Waals surface area contributed by atoms with Crippen LogP contribution in [0.15, 0.2) is 5.38 Å². The van der Waals surface area contributed by atoms with Gasteiger partial charge in [-0.2, -0.15) is 0 Å². The summed E-state index contributed by atoms with van der Waals surface area (Å²) in [6, 6.07) is 0. The first-order valence-electron chi connectivity index (χ1n) is 4.77. The van der Waals surface area contributed by atoms with Gasteiger partial charge in [-0.15, -0.1) is 17.8 Å². The van der Waals surface area contributed by atoms with Gasteiger partial charge >= 0.3 is 5.97 Å². The number of carboxylic acid groups (broad SMARTS) is 1. The van der Waals surface area contributed by atoms with Crippen molar-refractivity contribution in [3.05, 3.63) is 22.5 Å². The summed E-state index contributed by atoms with van der Waals surface area (Å²) < 4.78 is 1.93. The highest BCUT2D eigenvalue weighted by Crippen LogP contribution is 2.21. The SMILES string of the molecule is C#Cc1nc2scc(CCC(=O)O)n2c1C. The van der Waals surface area contributed by atoms with Crippen molar-refractivity contribution in [3.63, 3.8) is 0 Å². The third kappa shape index (κ3) is 1.68. The fourth-order valence-corrected chi connectivity index (χ4v) is 2.58. The van der Waals surface area contributed by atoms with Crippen molar-refractivity contribution in [2.45, 2.75) is 19.8 Å². The molecule has 0 aromatic carbocycles. The van der Waals surface area contributed by atoms with Gasteiger partial charge in [-0.05, 0) is 19.3 Å². The molecule has 0 atom stereocenters. The first kappa shape index (κ1) is 10.7. The largest absolute Gasteiger partial charge is 0.481 e. The minimum Gasteiger partial charge on any atom is -0.481 e. The average Bonchev–Trinajstić information content (AvgIpc) is 2.76. The number of carboxylic acids is 1. The van der Waals surface area contributed by atoms with E-state index >= 15 is 0 Å². The second kappa shape index (κ2) is 3.99. The molecule has 2 heterocycles. The molecular weight excluding hydrogens is 224 g/mol. The van der Waals surface area contributed by atoms with Crippen molar-refractivity contribution in [1.82, 2.24) is 9.38 Å². The maximum absolute atomic E-state index is 10.5. The van der Waals surface area contributed by atoms with Crippen molar-refractivity contribution < 1.29 is 9.90 Å². The summed E-state index contributed by atoms with van der Waals surface area (Å²) in [5.74, 6) is 1.72. The lowest BCUT2D eigenvalue weighted by Gasteiger charge is -1.98. The van der Waals surface area contributed by atoms with Crippen LogP contribution >= 0.6 is 11.3 Å². The fourth-order valence-electron chi connectivity index (χ4n) is 1.61. The van der Waals surface area contributed by atoms with Crippen LogP contribution in [0.25, 0.3) is 4.96 Å². The minimum atomic E-state index is -0.797. The van der Waals surface area contributed by atoms with Gasteiger partial charge in [0.05, 0.1) is 12.1 Å². The topological polar surface area (TPSA) is 54.6 Å². The summed E-state index contributed by atoms with van der Waals surface area (Å²) in [7, 11) is 0. The van der Waals surface area contributed by atoms with Crippen molar-refractivity contribution >= 4 is 22.3 Å². The van der Waals surface area contributed by atoms with Crippen LogP contribution in [0.5, 0.6) is 0 Å². The Bertz CT molecular complexity index is 589. The molecule has 0 radical (unpaired) electrons. The third-order valence-electron chi connectivity index (χ3n) is 2.40. The zero-order chi connectivity index (χ0) is 11.7. The molecule has 4 nitrogen and oxygen atoms in total. The van der Waals surface area contributed by atoms with Gasteiger partial charge in [0, 0.05) is 11.1 Å². The molecule has 0 saturated heterocycles. The van der Waals surface area contributed by atoms with Crippen LogP contribution in [-0.4, -0.2) is 20.5 Å². The van der Waals surface area contributed by atoms with Gasteiger partial charge in [-0.3, -0.25) is 9.20 Å². The third-order valence-corrected chi connectivity index (χ3v) is 3.27. The average molecular weight is 234 g/mol. The molecule has 0 amide bonds. The fraction of sp³-hybridized carbons (Fsp3) is 0.273. The molecular formula is C11H10N2O2S. The predicted octanol–water partition coefficient (Wildman–Crippen LogP) is 1.70. The Morgan fingerprint density at radius 3 is 3.12 bits per heavy atom. The van der Waals surface area contributed by atoms with Crippen molar-refractivity contribution in [3.8, 4) is 12.3 Å². The highest BCUT2D eigenvalue weighted by molar-refractivity contribution is 7.15. The number of thiazole rings is 1. The van der Waals surface area contributed by atoms with E-state index < -0.39 is 5.97 Å². The molecule has 2 aromatic rings. The van der Waals surface area contributed by atoms with E-state index in [4.69, 9.17) is 11.5 Å². The summed E-state index contributed by atoms with van der Waals surface area (Å²) in [4.78, 5) is 15.6. The van der Waals surface area contributed by atoms with E-state index in [1.165, 1.54) is 11.3 Å². The predicted molar refractivity (Wildman–Crippen MR) is 61.7 cm³/mol. The Hall–Kier alpha value is -1.80. The van der Waals surface area contributed by atoms with Crippen molar-refractivity contribution in [2.24, 2.45) is 0 Å². The molecule has 82 valence electrons. The maximum Gasteiger partial charge on any atom is 0.303 e. The van der Waals surface area contributed by atoms with Gasteiger partial charge in [0.15, 0.2) is 4.96 Å². The molecule has 0 aliphatic heterocycles. The summed E-state index contributed by atoms with van der Waals surface area (Å²) in [5, 5.41) is 10.6. The van der Waals surface area contributed by atoms with E-state index in [1.807, 2.05) is 16.7 Å². The van der Waals surface area contributed by atoms with Crippen LogP contribution in [0.2, 0.25) is 0 Å². The number of fused-ring (bicyclic) bond motifs is 1.